The van der Waals surface area contributed by atoms with Gasteiger partial charge in [-0.1, -0.05) is 35.9 Å². The van der Waals surface area contributed by atoms with Gasteiger partial charge in [-0.2, -0.15) is 0 Å². The van der Waals surface area contributed by atoms with E-state index >= 15 is 0 Å². The van der Waals surface area contributed by atoms with Crippen molar-refractivity contribution in [1.29, 1.82) is 0 Å². The van der Waals surface area contributed by atoms with Crippen LogP contribution in [0.1, 0.15) is 10.4 Å². The first-order chi connectivity index (χ1) is 9.17. The Hall–Kier alpha value is -2.00. The van der Waals surface area contributed by atoms with Gasteiger partial charge in [0.1, 0.15) is 5.75 Å². The summed E-state index contributed by atoms with van der Waals surface area (Å²) in [5, 5.41) is 0.375. The fraction of sp³-hybridized carbons (Fsp3) is 0.133. The summed E-state index contributed by atoms with van der Waals surface area (Å²) in [5.41, 5.74) is 1.99. The van der Waals surface area contributed by atoms with Gasteiger partial charge in [-0.25, -0.2) is 4.79 Å². The molecule has 0 atom stereocenters. The second-order valence-electron chi connectivity index (χ2n) is 3.88. The van der Waals surface area contributed by atoms with Crippen LogP contribution in [0.4, 0.5) is 0 Å². The molecule has 0 aliphatic carbocycles. The molecule has 0 fully saturated rings. The number of hydrogen-bond donors (Lipinski definition) is 0. The Morgan fingerprint density at radius 1 is 1.05 bits per heavy atom. The van der Waals surface area contributed by atoms with Crippen molar-refractivity contribution in [2.24, 2.45) is 0 Å². The minimum Gasteiger partial charge on any atom is -0.497 e. The van der Waals surface area contributed by atoms with Crippen LogP contribution in [0.5, 0.6) is 5.75 Å². The van der Waals surface area contributed by atoms with E-state index in [0.29, 0.717) is 10.6 Å². The lowest BCUT2D eigenvalue weighted by molar-refractivity contribution is 0.0602. The Balaban J connectivity index is 2.54. The van der Waals surface area contributed by atoms with Gasteiger partial charge < -0.3 is 9.47 Å². The zero-order valence-corrected chi connectivity index (χ0v) is 11.4. The summed E-state index contributed by atoms with van der Waals surface area (Å²) in [6, 6.07) is 12.7. The number of rotatable bonds is 3. The van der Waals surface area contributed by atoms with Gasteiger partial charge >= 0.3 is 5.97 Å². The Labute approximate surface area is 116 Å². The molecule has 0 radical (unpaired) electrons. The third kappa shape index (κ3) is 2.71. The maximum absolute atomic E-state index is 11.8. The smallest absolute Gasteiger partial charge is 0.340 e. The number of carbonyl (C=O) groups excluding carboxylic acids is 1. The van der Waals surface area contributed by atoms with Crippen LogP contribution in [0, 0.1) is 0 Å². The van der Waals surface area contributed by atoms with Gasteiger partial charge in [0.2, 0.25) is 0 Å². The number of carbonyl (C=O) groups is 1. The molecule has 0 aliphatic heterocycles. The van der Waals surface area contributed by atoms with Gasteiger partial charge in [-0.15, -0.1) is 0 Å². The molecule has 0 unspecified atom stereocenters. The van der Waals surface area contributed by atoms with Gasteiger partial charge in [0.15, 0.2) is 0 Å². The standard InChI is InChI=1S/C15H13ClO3/c1-18-11-8-6-10(7-9-11)12-4-3-5-13(16)14(12)15(17)19-2/h3-9H,1-2H3. The number of hydrogen-bond acceptors (Lipinski definition) is 3. The van der Waals surface area contributed by atoms with Crippen LogP contribution >= 0.6 is 11.6 Å². The summed E-state index contributed by atoms with van der Waals surface area (Å²) in [6.07, 6.45) is 0. The lowest BCUT2D eigenvalue weighted by Crippen LogP contribution is -2.04. The van der Waals surface area contributed by atoms with Crippen molar-refractivity contribution in [3.05, 3.63) is 53.1 Å². The molecule has 3 nitrogen and oxygen atoms in total. The minimum absolute atomic E-state index is 0.372. The molecule has 0 saturated heterocycles. The number of esters is 1. The molecule has 4 heteroatoms. The highest BCUT2D eigenvalue weighted by Crippen LogP contribution is 2.30. The Bertz CT molecular complexity index is 591. The normalized spacial score (nSPS) is 10.1. The van der Waals surface area contributed by atoms with Crippen LogP contribution in [-0.4, -0.2) is 20.2 Å². The Kier molecular flexibility index (Phi) is 4.07. The van der Waals surface area contributed by atoms with E-state index in [1.807, 2.05) is 30.3 Å². The van der Waals surface area contributed by atoms with Crippen LogP contribution < -0.4 is 4.74 Å². The molecule has 0 heterocycles. The van der Waals surface area contributed by atoms with E-state index in [9.17, 15) is 4.79 Å². The van der Waals surface area contributed by atoms with E-state index in [1.165, 1.54) is 7.11 Å². The number of halogens is 1. The van der Waals surface area contributed by atoms with E-state index in [4.69, 9.17) is 21.1 Å². The molecule has 0 aromatic heterocycles. The van der Waals surface area contributed by atoms with E-state index in [1.54, 1.807) is 19.2 Å². The summed E-state index contributed by atoms with van der Waals surface area (Å²) in [7, 11) is 2.94. The molecule has 2 aromatic rings. The van der Waals surface area contributed by atoms with Crippen molar-refractivity contribution < 1.29 is 14.3 Å². The summed E-state index contributed by atoms with van der Waals surface area (Å²) >= 11 is 6.09. The molecule has 0 N–H and O–H groups in total. The summed E-state index contributed by atoms with van der Waals surface area (Å²) < 4.78 is 9.89. The first kappa shape index (κ1) is 13.4. The van der Waals surface area contributed by atoms with Crippen LogP contribution in [0.25, 0.3) is 11.1 Å². The number of ether oxygens (including phenoxy) is 2. The monoisotopic (exact) mass is 276 g/mol. The van der Waals surface area contributed by atoms with Crippen LogP contribution in [0.3, 0.4) is 0 Å². The molecule has 19 heavy (non-hydrogen) atoms. The first-order valence-electron chi connectivity index (χ1n) is 5.68. The average molecular weight is 277 g/mol. The molecule has 98 valence electrons. The van der Waals surface area contributed by atoms with Crippen LogP contribution in [-0.2, 0) is 4.74 Å². The Morgan fingerprint density at radius 3 is 2.32 bits per heavy atom. The zero-order chi connectivity index (χ0) is 13.8. The quantitative estimate of drug-likeness (QED) is 0.800. The maximum atomic E-state index is 11.8. The van der Waals surface area contributed by atoms with E-state index in [0.717, 1.165) is 16.9 Å². The largest absolute Gasteiger partial charge is 0.497 e. The SMILES string of the molecule is COC(=O)c1c(Cl)cccc1-c1ccc(OC)cc1. The van der Waals surface area contributed by atoms with Crippen molar-refractivity contribution in [2.75, 3.05) is 14.2 Å². The van der Waals surface area contributed by atoms with Gasteiger partial charge in [-0.3, -0.25) is 0 Å². The molecular formula is C15H13ClO3. The van der Waals surface area contributed by atoms with Gasteiger partial charge in [0.25, 0.3) is 0 Å². The number of benzene rings is 2. The predicted molar refractivity (Wildman–Crippen MR) is 74.8 cm³/mol. The van der Waals surface area contributed by atoms with Gasteiger partial charge in [0, 0.05) is 0 Å². The summed E-state index contributed by atoms with van der Waals surface area (Å²) in [6.45, 7) is 0. The second kappa shape index (κ2) is 5.76. The molecule has 0 saturated carbocycles. The highest BCUT2D eigenvalue weighted by molar-refractivity contribution is 6.34. The zero-order valence-electron chi connectivity index (χ0n) is 10.6. The second-order valence-corrected chi connectivity index (χ2v) is 4.29. The lowest BCUT2D eigenvalue weighted by atomic mass is 9.99. The fourth-order valence-electron chi connectivity index (χ4n) is 1.84. The molecule has 0 amide bonds. The molecule has 2 rings (SSSR count). The summed E-state index contributed by atoms with van der Waals surface area (Å²) in [4.78, 5) is 11.8. The van der Waals surface area contributed by atoms with Crippen molar-refractivity contribution in [1.82, 2.24) is 0 Å². The van der Waals surface area contributed by atoms with Crippen LogP contribution in [0.15, 0.2) is 42.5 Å². The third-order valence-corrected chi connectivity index (χ3v) is 3.12. The minimum atomic E-state index is -0.448. The van der Waals surface area contributed by atoms with E-state index in [2.05, 4.69) is 0 Å². The van der Waals surface area contributed by atoms with Crippen molar-refractivity contribution in [3.63, 3.8) is 0 Å². The van der Waals surface area contributed by atoms with Crippen molar-refractivity contribution in [2.45, 2.75) is 0 Å². The molecule has 2 aromatic carbocycles. The fourth-order valence-corrected chi connectivity index (χ4v) is 2.10. The first-order valence-corrected chi connectivity index (χ1v) is 6.06. The van der Waals surface area contributed by atoms with Crippen molar-refractivity contribution >= 4 is 17.6 Å². The van der Waals surface area contributed by atoms with Crippen molar-refractivity contribution in [3.8, 4) is 16.9 Å². The van der Waals surface area contributed by atoms with Gasteiger partial charge in [-0.05, 0) is 29.3 Å². The predicted octanol–water partition coefficient (Wildman–Crippen LogP) is 3.80. The average Bonchev–Trinajstić information content (AvgIpc) is 2.46. The summed E-state index contributed by atoms with van der Waals surface area (Å²) in [5.74, 6) is 0.307. The topological polar surface area (TPSA) is 35.5 Å². The molecule has 0 bridgehead atoms. The van der Waals surface area contributed by atoms with Gasteiger partial charge in [0.05, 0.1) is 24.8 Å². The molecular weight excluding hydrogens is 264 g/mol. The maximum Gasteiger partial charge on any atom is 0.340 e. The van der Waals surface area contributed by atoms with E-state index < -0.39 is 5.97 Å². The van der Waals surface area contributed by atoms with Crippen LogP contribution in [0.2, 0.25) is 5.02 Å². The number of methoxy groups -OCH3 is 2. The highest BCUT2D eigenvalue weighted by Gasteiger charge is 2.16. The van der Waals surface area contributed by atoms with E-state index in [-0.39, 0.29) is 0 Å². The lowest BCUT2D eigenvalue weighted by Gasteiger charge is -2.10. The molecule has 0 spiro atoms. The molecule has 0 aliphatic rings. The highest BCUT2D eigenvalue weighted by atomic mass is 35.5. The Morgan fingerprint density at radius 2 is 1.74 bits per heavy atom. The third-order valence-electron chi connectivity index (χ3n) is 2.80.